The van der Waals surface area contributed by atoms with E-state index in [-0.39, 0.29) is 0 Å². The summed E-state index contributed by atoms with van der Waals surface area (Å²) in [5.41, 5.74) is 7.25. The highest BCUT2D eigenvalue weighted by molar-refractivity contribution is 5.28. The molecular formula is C9H15NO. The molecule has 2 nitrogen and oxygen atoms in total. The van der Waals surface area contributed by atoms with E-state index in [1.807, 2.05) is 13.0 Å². The van der Waals surface area contributed by atoms with Crippen molar-refractivity contribution in [2.24, 2.45) is 5.73 Å². The van der Waals surface area contributed by atoms with Gasteiger partial charge in [-0.1, -0.05) is 13.0 Å². The molecular weight excluding hydrogens is 138 g/mol. The van der Waals surface area contributed by atoms with E-state index in [0.717, 1.165) is 31.3 Å². The van der Waals surface area contributed by atoms with Crippen LogP contribution < -0.4 is 5.73 Å². The highest BCUT2D eigenvalue weighted by Crippen LogP contribution is 2.21. The Balaban J connectivity index is 2.87. The number of aliphatic hydroxyl groups excluding tert-OH is 1. The Morgan fingerprint density at radius 3 is 3.00 bits per heavy atom. The Bertz CT molecular complexity index is 204. The van der Waals surface area contributed by atoms with Crippen molar-refractivity contribution in [3.05, 3.63) is 23.1 Å². The molecule has 0 heterocycles. The van der Waals surface area contributed by atoms with Gasteiger partial charge in [-0.25, -0.2) is 0 Å². The van der Waals surface area contributed by atoms with E-state index in [1.54, 1.807) is 0 Å². The second-order valence-electron chi connectivity index (χ2n) is 2.86. The van der Waals surface area contributed by atoms with Gasteiger partial charge in [-0.15, -0.1) is 0 Å². The van der Waals surface area contributed by atoms with Gasteiger partial charge in [-0.3, -0.25) is 0 Å². The van der Waals surface area contributed by atoms with Gasteiger partial charge >= 0.3 is 0 Å². The van der Waals surface area contributed by atoms with E-state index in [0.29, 0.717) is 11.5 Å². The lowest BCUT2D eigenvalue weighted by molar-refractivity contribution is 0.411. The van der Waals surface area contributed by atoms with Crippen LogP contribution in [0.2, 0.25) is 0 Å². The first-order valence-corrected chi connectivity index (χ1v) is 4.12. The fourth-order valence-corrected chi connectivity index (χ4v) is 1.34. The second kappa shape index (κ2) is 3.46. The Kier molecular flexibility index (Phi) is 2.58. The molecule has 62 valence electrons. The van der Waals surface area contributed by atoms with Crippen molar-refractivity contribution < 1.29 is 5.11 Å². The fourth-order valence-electron chi connectivity index (χ4n) is 1.34. The van der Waals surface area contributed by atoms with E-state index >= 15 is 0 Å². The predicted octanol–water partition coefficient (Wildman–Crippen LogP) is 2.24. The maximum atomic E-state index is 9.50. The van der Waals surface area contributed by atoms with Crippen LogP contribution >= 0.6 is 0 Å². The number of nitrogens with two attached hydrogens (primary N) is 1. The van der Waals surface area contributed by atoms with E-state index in [2.05, 4.69) is 0 Å². The van der Waals surface area contributed by atoms with Gasteiger partial charge in [0.25, 0.3) is 0 Å². The molecule has 1 aliphatic rings. The number of aliphatic hydroxyl groups is 1. The van der Waals surface area contributed by atoms with Crippen molar-refractivity contribution in [2.75, 3.05) is 0 Å². The van der Waals surface area contributed by atoms with Crippen LogP contribution in [0.15, 0.2) is 23.1 Å². The minimum atomic E-state index is 0.324. The summed E-state index contributed by atoms with van der Waals surface area (Å²) in [6, 6.07) is 0. The fraction of sp³-hybridized carbons (Fsp3) is 0.556. The van der Waals surface area contributed by atoms with Gasteiger partial charge in [0.15, 0.2) is 0 Å². The third kappa shape index (κ3) is 1.76. The largest absolute Gasteiger partial charge is 0.506 e. The molecule has 11 heavy (non-hydrogen) atoms. The molecule has 0 aromatic rings. The van der Waals surface area contributed by atoms with E-state index in [4.69, 9.17) is 5.73 Å². The van der Waals surface area contributed by atoms with Gasteiger partial charge < -0.3 is 10.8 Å². The van der Waals surface area contributed by atoms with Crippen molar-refractivity contribution in [1.82, 2.24) is 0 Å². The molecule has 1 aliphatic carbocycles. The minimum absolute atomic E-state index is 0.324. The van der Waals surface area contributed by atoms with Gasteiger partial charge in [0.05, 0.1) is 5.70 Å². The summed E-state index contributed by atoms with van der Waals surface area (Å²) in [5.74, 6) is 0.324. The van der Waals surface area contributed by atoms with Crippen molar-refractivity contribution >= 4 is 0 Å². The summed E-state index contributed by atoms with van der Waals surface area (Å²) >= 11 is 0. The van der Waals surface area contributed by atoms with E-state index in [9.17, 15) is 5.11 Å². The molecule has 0 aromatic heterocycles. The van der Waals surface area contributed by atoms with Crippen LogP contribution in [0.5, 0.6) is 0 Å². The maximum Gasteiger partial charge on any atom is 0.137 e. The number of rotatable bonds is 1. The second-order valence-corrected chi connectivity index (χ2v) is 2.86. The molecule has 0 radical (unpaired) electrons. The molecule has 0 amide bonds. The van der Waals surface area contributed by atoms with Gasteiger partial charge in [0.1, 0.15) is 5.76 Å². The summed E-state index contributed by atoms with van der Waals surface area (Å²) in [4.78, 5) is 0. The number of allylic oxidation sites excluding steroid dienone is 2. The zero-order valence-corrected chi connectivity index (χ0v) is 6.93. The van der Waals surface area contributed by atoms with E-state index < -0.39 is 0 Å². The summed E-state index contributed by atoms with van der Waals surface area (Å²) in [6.45, 7) is 2.05. The first kappa shape index (κ1) is 8.18. The molecule has 0 saturated heterocycles. The quantitative estimate of drug-likeness (QED) is 0.606. The van der Waals surface area contributed by atoms with E-state index in [1.165, 1.54) is 0 Å². The lowest BCUT2D eigenvalue weighted by Crippen LogP contribution is -2.02. The van der Waals surface area contributed by atoms with Crippen LogP contribution in [0.3, 0.4) is 0 Å². The van der Waals surface area contributed by atoms with Crippen LogP contribution in [0.25, 0.3) is 0 Å². The molecule has 0 unspecified atom stereocenters. The predicted molar refractivity (Wildman–Crippen MR) is 46.1 cm³/mol. The Morgan fingerprint density at radius 1 is 1.64 bits per heavy atom. The average Bonchev–Trinajstić information content (AvgIpc) is 2.16. The summed E-state index contributed by atoms with van der Waals surface area (Å²) in [5, 5.41) is 9.50. The molecule has 0 aliphatic heterocycles. The third-order valence-corrected chi connectivity index (χ3v) is 2.08. The van der Waals surface area contributed by atoms with Crippen LogP contribution in [-0.4, -0.2) is 5.11 Å². The summed E-state index contributed by atoms with van der Waals surface area (Å²) in [6.07, 6.45) is 5.88. The molecule has 0 saturated carbocycles. The first-order chi connectivity index (χ1) is 5.25. The zero-order valence-electron chi connectivity index (χ0n) is 6.93. The smallest absolute Gasteiger partial charge is 0.137 e. The van der Waals surface area contributed by atoms with Crippen molar-refractivity contribution in [1.29, 1.82) is 0 Å². The molecule has 3 N–H and O–H groups in total. The Hall–Kier alpha value is -0.920. The lowest BCUT2D eigenvalue weighted by atomic mass is 10.1. The lowest BCUT2D eigenvalue weighted by Gasteiger charge is -2.04. The van der Waals surface area contributed by atoms with Gasteiger partial charge in [-0.2, -0.15) is 0 Å². The Morgan fingerprint density at radius 2 is 2.36 bits per heavy atom. The summed E-state index contributed by atoms with van der Waals surface area (Å²) in [7, 11) is 0. The molecule has 2 heteroatoms. The van der Waals surface area contributed by atoms with Crippen molar-refractivity contribution in [3.8, 4) is 0 Å². The van der Waals surface area contributed by atoms with Gasteiger partial charge in [-0.05, 0) is 31.3 Å². The molecule has 0 spiro atoms. The number of hydrogen-bond donors (Lipinski definition) is 2. The van der Waals surface area contributed by atoms with Gasteiger partial charge in [0.2, 0.25) is 0 Å². The normalized spacial score (nSPS) is 19.5. The first-order valence-electron chi connectivity index (χ1n) is 4.12. The minimum Gasteiger partial charge on any atom is -0.506 e. The molecule has 0 bridgehead atoms. The van der Waals surface area contributed by atoms with Crippen LogP contribution in [0, 0.1) is 0 Å². The summed E-state index contributed by atoms with van der Waals surface area (Å²) < 4.78 is 0. The monoisotopic (exact) mass is 153 g/mol. The van der Waals surface area contributed by atoms with Crippen molar-refractivity contribution in [3.63, 3.8) is 0 Å². The topological polar surface area (TPSA) is 46.2 Å². The van der Waals surface area contributed by atoms with Crippen LogP contribution in [0.1, 0.15) is 32.6 Å². The average molecular weight is 153 g/mol. The Labute approximate surface area is 67.4 Å². The zero-order chi connectivity index (χ0) is 8.27. The highest BCUT2D eigenvalue weighted by Gasteiger charge is 2.08. The third-order valence-electron chi connectivity index (χ3n) is 2.08. The molecule has 0 fully saturated rings. The van der Waals surface area contributed by atoms with Crippen LogP contribution in [-0.2, 0) is 0 Å². The van der Waals surface area contributed by atoms with Crippen LogP contribution in [0.4, 0.5) is 0 Å². The highest BCUT2D eigenvalue weighted by atomic mass is 16.3. The van der Waals surface area contributed by atoms with Crippen molar-refractivity contribution in [2.45, 2.75) is 32.6 Å². The number of hydrogen-bond acceptors (Lipinski definition) is 2. The SMILES string of the molecule is CCC1=C(O)C(N)=CCCC1. The standard InChI is InChI=1S/C9H15NO/c1-2-7-5-3-4-6-8(10)9(7)11/h6,11H,2-5,10H2,1H3. The maximum absolute atomic E-state index is 9.50. The molecule has 0 aromatic carbocycles. The molecule has 0 atom stereocenters. The van der Waals surface area contributed by atoms with Gasteiger partial charge in [0, 0.05) is 0 Å². The molecule has 1 rings (SSSR count).